The minimum atomic E-state index is -1.31. The number of alkyl halides is 2. The molecule has 5 nitrogen and oxygen atoms in total. The van der Waals surface area contributed by atoms with Gasteiger partial charge in [0, 0.05) is 12.1 Å². The molecule has 8 rings (SSSR count). The van der Waals surface area contributed by atoms with E-state index in [0.717, 1.165) is 43.8 Å². The second kappa shape index (κ2) is 9.55. The predicted molar refractivity (Wildman–Crippen MR) is 163 cm³/mol. The number of amides is 3. The Balaban J connectivity index is 1.38. The van der Waals surface area contributed by atoms with E-state index in [0.29, 0.717) is 5.69 Å². The monoisotopic (exact) mass is 594 g/mol. The van der Waals surface area contributed by atoms with E-state index < -0.39 is 45.3 Å². The molecule has 3 atom stereocenters. The van der Waals surface area contributed by atoms with Crippen molar-refractivity contribution in [3.05, 3.63) is 136 Å². The van der Waals surface area contributed by atoms with Gasteiger partial charge in [-0.1, -0.05) is 97.1 Å². The number of nitrogens with one attached hydrogen (secondary N) is 1. The van der Waals surface area contributed by atoms with Gasteiger partial charge >= 0.3 is 0 Å². The average molecular weight is 596 g/mol. The van der Waals surface area contributed by atoms with E-state index in [1.807, 2.05) is 111 Å². The van der Waals surface area contributed by atoms with Gasteiger partial charge in [-0.15, -0.1) is 23.2 Å². The molecule has 7 heteroatoms. The van der Waals surface area contributed by atoms with Gasteiger partial charge in [-0.3, -0.25) is 19.3 Å². The second-order valence-electron chi connectivity index (χ2n) is 11.5. The van der Waals surface area contributed by atoms with Gasteiger partial charge in [0.25, 0.3) is 0 Å². The Bertz CT molecular complexity index is 1640. The second-order valence-corrected chi connectivity index (χ2v) is 12.7. The molecule has 0 saturated carbocycles. The first-order valence-electron chi connectivity index (χ1n) is 14.0. The number of nitrogens with zero attached hydrogens (tertiary/aromatic N) is 1. The number of hydrogen-bond acceptors (Lipinski definition) is 3. The molecule has 1 saturated heterocycles. The van der Waals surface area contributed by atoms with Crippen LogP contribution < -0.4 is 5.32 Å². The van der Waals surface area contributed by atoms with E-state index in [1.165, 1.54) is 0 Å². The molecule has 3 aliphatic carbocycles. The fraction of sp³-hybridized carbons (Fsp3) is 0.229. The lowest BCUT2D eigenvalue weighted by atomic mass is 9.54. The van der Waals surface area contributed by atoms with Crippen LogP contribution in [0.3, 0.4) is 0 Å². The van der Waals surface area contributed by atoms with Crippen molar-refractivity contribution >= 4 is 46.6 Å². The Morgan fingerprint density at radius 3 is 1.60 bits per heavy atom. The van der Waals surface area contributed by atoms with Crippen molar-refractivity contribution in [3.8, 4) is 0 Å². The summed E-state index contributed by atoms with van der Waals surface area (Å²) in [6, 6.07) is 29.1. The van der Waals surface area contributed by atoms with Gasteiger partial charge in [0.2, 0.25) is 17.7 Å². The first-order chi connectivity index (χ1) is 20.2. The highest BCUT2D eigenvalue weighted by Gasteiger charge is 2.73. The van der Waals surface area contributed by atoms with Crippen molar-refractivity contribution in [2.24, 2.45) is 11.8 Å². The highest BCUT2D eigenvalue weighted by atomic mass is 35.5. The maximum Gasteiger partial charge on any atom is 0.248 e. The number of imide groups is 1. The van der Waals surface area contributed by atoms with E-state index in [-0.39, 0.29) is 6.42 Å². The quantitative estimate of drug-likeness (QED) is 0.213. The molecule has 210 valence electrons. The molecule has 1 N–H and O–H groups in total. The van der Waals surface area contributed by atoms with Crippen molar-refractivity contribution < 1.29 is 14.4 Å². The SMILES string of the molecule is Cc1cccc(C)c1NC(=O)[C@H](Cc1ccccc1)N1C(=O)[C@H]2[C@H](C1=O)C1(Cl)c3ccccc3C2(Cl)c2ccccc21. The van der Waals surface area contributed by atoms with E-state index in [9.17, 15) is 14.4 Å². The Kier molecular flexibility index (Phi) is 6.12. The fourth-order valence-electron chi connectivity index (χ4n) is 7.35. The average Bonchev–Trinajstić information content (AvgIpc) is 3.27. The van der Waals surface area contributed by atoms with Gasteiger partial charge < -0.3 is 5.32 Å². The summed E-state index contributed by atoms with van der Waals surface area (Å²) in [7, 11) is 0. The van der Waals surface area contributed by atoms with Gasteiger partial charge in [-0.2, -0.15) is 0 Å². The summed E-state index contributed by atoms with van der Waals surface area (Å²) in [6.07, 6.45) is 0.152. The van der Waals surface area contributed by atoms with Crippen LogP contribution in [0.5, 0.6) is 0 Å². The Morgan fingerprint density at radius 2 is 1.14 bits per heavy atom. The number of likely N-dealkylation sites (tertiary alicyclic amines) is 1. The van der Waals surface area contributed by atoms with Crippen molar-refractivity contribution in [2.45, 2.75) is 36.1 Å². The number of anilines is 1. The number of benzene rings is 4. The van der Waals surface area contributed by atoms with Gasteiger partial charge in [0.1, 0.15) is 15.8 Å². The minimum Gasteiger partial charge on any atom is -0.324 e. The summed E-state index contributed by atoms with van der Waals surface area (Å²) in [5, 5.41) is 3.04. The molecule has 0 radical (unpaired) electrons. The van der Waals surface area contributed by atoms with Crippen molar-refractivity contribution in [1.82, 2.24) is 4.90 Å². The topological polar surface area (TPSA) is 66.5 Å². The van der Waals surface area contributed by atoms with Crippen LogP contribution in [0, 0.1) is 25.7 Å². The van der Waals surface area contributed by atoms with Crippen LogP contribution in [0.15, 0.2) is 97.1 Å². The van der Waals surface area contributed by atoms with E-state index >= 15 is 0 Å². The molecule has 4 aromatic rings. The van der Waals surface area contributed by atoms with Crippen molar-refractivity contribution in [3.63, 3.8) is 0 Å². The van der Waals surface area contributed by atoms with Crippen LogP contribution in [0.1, 0.15) is 38.9 Å². The number of halogens is 2. The van der Waals surface area contributed by atoms with Crippen LogP contribution in [-0.4, -0.2) is 28.7 Å². The zero-order valence-electron chi connectivity index (χ0n) is 23.1. The minimum absolute atomic E-state index is 0.152. The van der Waals surface area contributed by atoms with E-state index in [2.05, 4.69) is 5.32 Å². The highest BCUT2D eigenvalue weighted by Crippen LogP contribution is 2.69. The molecule has 2 bridgehead atoms. The third-order valence-electron chi connectivity index (χ3n) is 9.23. The molecule has 42 heavy (non-hydrogen) atoms. The van der Waals surface area contributed by atoms with Gasteiger partial charge in [0.15, 0.2) is 0 Å². The first kappa shape index (κ1) is 26.9. The lowest BCUT2D eigenvalue weighted by Gasteiger charge is -2.54. The molecule has 3 amide bonds. The maximum atomic E-state index is 14.6. The van der Waals surface area contributed by atoms with Crippen LogP contribution >= 0.6 is 23.2 Å². The van der Waals surface area contributed by atoms with Gasteiger partial charge in [-0.05, 0) is 52.8 Å². The standard InChI is InChI=1S/C35H28Cl2N2O3/c1-20-11-10-12-21(2)30(20)38-31(40)27(19-22-13-4-3-5-14-22)39-32(41)28-29(33(39)42)35(37)24-16-7-6-15-23(24)34(28,36)25-17-8-9-18-26(25)35/h3-18,27-29H,19H2,1-2H3,(H,38,40)/t27-,28+,29+,34?,35?/m0/s1. The molecule has 4 aromatic carbocycles. The molecule has 0 aromatic heterocycles. The summed E-state index contributed by atoms with van der Waals surface area (Å²) in [4.78, 5) is 41.9. The number of aryl methyl sites for hydroxylation is 2. The van der Waals surface area contributed by atoms with Crippen molar-refractivity contribution in [1.29, 1.82) is 0 Å². The Hall–Kier alpha value is -3.93. The van der Waals surface area contributed by atoms with Crippen LogP contribution in [0.4, 0.5) is 5.69 Å². The third kappa shape index (κ3) is 3.53. The summed E-state index contributed by atoms with van der Waals surface area (Å²) in [5.74, 6) is -3.34. The van der Waals surface area contributed by atoms with Crippen LogP contribution in [0.25, 0.3) is 0 Å². The van der Waals surface area contributed by atoms with Crippen molar-refractivity contribution in [2.75, 3.05) is 5.32 Å². The number of carbonyl (C=O) groups is 3. The predicted octanol–water partition coefficient (Wildman–Crippen LogP) is 6.45. The van der Waals surface area contributed by atoms with Gasteiger partial charge in [0.05, 0.1) is 11.8 Å². The zero-order chi connectivity index (χ0) is 29.4. The number of carbonyl (C=O) groups excluding carboxylic acids is 3. The van der Waals surface area contributed by atoms with Crippen LogP contribution in [-0.2, 0) is 30.6 Å². The molecule has 1 fully saturated rings. The van der Waals surface area contributed by atoms with E-state index in [4.69, 9.17) is 23.2 Å². The molecule has 0 spiro atoms. The summed E-state index contributed by atoms with van der Waals surface area (Å²) in [5.41, 5.74) is 6.17. The fourth-order valence-corrected chi connectivity index (χ4v) is 8.45. The normalized spacial score (nSPS) is 26.0. The number of para-hydroxylation sites is 1. The molecular weight excluding hydrogens is 567 g/mol. The third-order valence-corrected chi connectivity index (χ3v) is 10.5. The Morgan fingerprint density at radius 1 is 0.714 bits per heavy atom. The largest absolute Gasteiger partial charge is 0.324 e. The maximum absolute atomic E-state index is 14.6. The van der Waals surface area contributed by atoms with Crippen LogP contribution in [0.2, 0.25) is 0 Å². The van der Waals surface area contributed by atoms with E-state index in [1.54, 1.807) is 0 Å². The molecule has 1 heterocycles. The highest BCUT2D eigenvalue weighted by molar-refractivity contribution is 6.36. The summed E-state index contributed by atoms with van der Waals surface area (Å²) in [6.45, 7) is 3.83. The molecule has 1 aliphatic heterocycles. The first-order valence-corrected chi connectivity index (χ1v) is 14.8. The zero-order valence-corrected chi connectivity index (χ0v) is 24.6. The lowest BCUT2D eigenvalue weighted by molar-refractivity contribution is -0.146. The molecular formula is C35H28Cl2N2O3. The lowest BCUT2D eigenvalue weighted by Crippen LogP contribution is -2.57. The molecule has 0 unspecified atom stereocenters. The number of rotatable bonds is 5. The van der Waals surface area contributed by atoms with Gasteiger partial charge in [-0.25, -0.2) is 0 Å². The summed E-state index contributed by atoms with van der Waals surface area (Å²) >= 11 is 15.2. The smallest absolute Gasteiger partial charge is 0.248 e. The Labute approximate surface area is 254 Å². The number of hydrogen-bond donors (Lipinski definition) is 1. The molecule has 4 aliphatic rings. The summed E-state index contributed by atoms with van der Waals surface area (Å²) < 4.78 is 0.